The number of alkyl halides is 3. The molecule has 4 rings (SSSR count). The molecule has 0 atom stereocenters. The lowest BCUT2D eigenvalue weighted by molar-refractivity contribution is -0.137. The fraction of sp³-hybridized carbons (Fsp3) is 0.292. The highest BCUT2D eigenvalue weighted by molar-refractivity contribution is 7.15. The van der Waals surface area contributed by atoms with E-state index in [2.05, 4.69) is 17.1 Å². The van der Waals surface area contributed by atoms with Crippen LogP contribution in [0.4, 0.5) is 13.2 Å². The monoisotopic (exact) mass is 489 g/mol. The Morgan fingerprint density at radius 2 is 1.82 bits per heavy atom. The van der Waals surface area contributed by atoms with Crippen molar-refractivity contribution in [2.24, 2.45) is 0 Å². The number of halogens is 3. The molecule has 0 aliphatic heterocycles. The average Bonchev–Trinajstić information content (AvgIpc) is 3.42. The van der Waals surface area contributed by atoms with Crippen molar-refractivity contribution < 1.29 is 22.3 Å². The van der Waals surface area contributed by atoms with E-state index < -0.39 is 17.5 Å². The fourth-order valence-corrected chi connectivity index (χ4v) is 4.35. The summed E-state index contributed by atoms with van der Waals surface area (Å²) in [7, 11) is 0. The molecule has 2 aromatic carbocycles. The Labute approximate surface area is 197 Å². The highest BCUT2D eigenvalue weighted by Crippen LogP contribution is 2.34. The highest BCUT2D eigenvalue weighted by Gasteiger charge is 2.30. The Kier molecular flexibility index (Phi) is 7.16. The molecule has 178 valence electrons. The first kappa shape index (κ1) is 23.7. The summed E-state index contributed by atoms with van der Waals surface area (Å²) in [5, 5.41) is 6.70. The third-order valence-corrected chi connectivity index (χ3v) is 6.26. The van der Waals surface area contributed by atoms with Crippen LogP contribution in [0.1, 0.15) is 47.4 Å². The molecule has 0 bridgehead atoms. The van der Waals surface area contributed by atoms with Gasteiger partial charge in [-0.1, -0.05) is 37.6 Å². The zero-order chi connectivity index (χ0) is 24.1. The van der Waals surface area contributed by atoms with Gasteiger partial charge in [-0.2, -0.15) is 13.2 Å². The molecule has 0 saturated carbocycles. The van der Waals surface area contributed by atoms with E-state index in [0.717, 1.165) is 47.5 Å². The van der Waals surface area contributed by atoms with E-state index in [9.17, 15) is 18.0 Å². The summed E-state index contributed by atoms with van der Waals surface area (Å²) < 4.78 is 49.5. The number of rotatable bonds is 9. The first-order valence-corrected chi connectivity index (χ1v) is 11.6. The van der Waals surface area contributed by atoms with Crippen LogP contribution < -0.4 is 10.5 Å². The van der Waals surface area contributed by atoms with Crippen LogP contribution in [0.3, 0.4) is 0 Å². The lowest BCUT2D eigenvalue weighted by atomic mass is 10.1. The summed E-state index contributed by atoms with van der Waals surface area (Å²) in [5.74, 6) is 0.381. The van der Waals surface area contributed by atoms with E-state index in [1.54, 1.807) is 0 Å². The van der Waals surface area contributed by atoms with E-state index in [1.807, 2.05) is 24.3 Å². The van der Waals surface area contributed by atoms with Gasteiger partial charge in [0, 0.05) is 5.56 Å². The van der Waals surface area contributed by atoms with Crippen LogP contribution in [0.15, 0.2) is 57.7 Å². The Morgan fingerprint density at radius 1 is 1.09 bits per heavy atom. The third kappa shape index (κ3) is 5.93. The van der Waals surface area contributed by atoms with Crippen molar-refractivity contribution in [1.29, 1.82) is 0 Å². The first-order chi connectivity index (χ1) is 16.3. The molecule has 2 heterocycles. The number of hydrogen-bond donors (Lipinski definition) is 1. The predicted molar refractivity (Wildman–Crippen MR) is 122 cm³/mol. The molecule has 2 aromatic heterocycles. The Hall–Kier alpha value is -3.40. The SMILES string of the molecule is CCCCc1nc(-c2ccc(C(F)(F)F)cc2)sc1COc1ccc(Cc2n[nH]c(=O)o2)cc1. The fourth-order valence-electron chi connectivity index (χ4n) is 3.32. The van der Waals surface area contributed by atoms with Crippen LogP contribution in [0, 0.1) is 0 Å². The smallest absolute Gasteiger partial charge is 0.434 e. The zero-order valence-electron chi connectivity index (χ0n) is 18.3. The minimum absolute atomic E-state index is 0.305. The van der Waals surface area contributed by atoms with E-state index >= 15 is 0 Å². The molecular formula is C24H22F3N3O3S. The topological polar surface area (TPSA) is 81.0 Å². The predicted octanol–water partition coefficient (Wildman–Crippen LogP) is 6.02. The minimum Gasteiger partial charge on any atom is -0.488 e. The van der Waals surface area contributed by atoms with Crippen LogP contribution in [-0.4, -0.2) is 15.2 Å². The van der Waals surface area contributed by atoms with Gasteiger partial charge in [0.05, 0.1) is 22.6 Å². The van der Waals surface area contributed by atoms with Crippen molar-refractivity contribution in [1.82, 2.24) is 15.2 Å². The van der Waals surface area contributed by atoms with E-state index in [1.165, 1.54) is 23.5 Å². The number of aromatic nitrogens is 3. The summed E-state index contributed by atoms with van der Waals surface area (Å²) in [6, 6.07) is 12.4. The standard InChI is InChI=1S/C24H22F3N3O3S/c1-2-3-4-19-20(34-22(28-19)16-7-9-17(10-8-16)24(25,26)27)14-32-18-11-5-15(6-12-18)13-21-29-30-23(31)33-21/h5-12H,2-4,13-14H2,1H3,(H,30,31). The molecule has 34 heavy (non-hydrogen) atoms. The summed E-state index contributed by atoms with van der Waals surface area (Å²) >= 11 is 1.43. The van der Waals surface area contributed by atoms with Gasteiger partial charge < -0.3 is 9.15 Å². The van der Waals surface area contributed by atoms with Gasteiger partial charge in [-0.3, -0.25) is 0 Å². The summed E-state index contributed by atoms with van der Waals surface area (Å²) in [5.41, 5.74) is 1.79. The lowest BCUT2D eigenvalue weighted by Crippen LogP contribution is -2.03. The van der Waals surface area contributed by atoms with Gasteiger partial charge in [0.1, 0.15) is 17.4 Å². The lowest BCUT2D eigenvalue weighted by Gasteiger charge is -2.07. The number of ether oxygens (including phenoxy) is 1. The second-order valence-electron chi connectivity index (χ2n) is 7.68. The van der Waals surface area contributed by atoms with Gasteiger partial charge in [0.2, 0.25) is 5.89 Å². The van der Waals surface area contributed by atoms with Crippen LogP contribution in [-0.2, 0) is 25.6 Å². The molecule has 0 saturated heterocycles. The quantitative estimate of drug-likeness (QED) is 0.311. The molecule has 0 amide bonds. The summed E-state index contributed by atoms with van der Waals surface area (Å²) in [6.07, 6.45) is -1.24. The Morgan fingerprint density at radius 3 is 2.44 bits per heavy atom. The van der Waals surface area contributed by atoms with Crippen molar-refractivity contribution >= 4 is 11.3 Å². The molecular weight excluding hydrogens is 467 g/mol. The Balaban J connectivity index is 1.46. The normalized spacial score (nSPS) is 11.6. The van der Waals surface area contributed by atoms with Gasteiger partial charge in [0.25, 0.3) is 0 Å². The average molecular weight is 490 g/mol. The zero-order valence-corrected chi connectivity index (χ0v) is 19.1. The maximum Gasteiger partial charge on any atom is 0.434 e. The van der Waals surface area contributed by atoms with Crippen LogP contribution in [0.25, 0.3) is 10.6 Å². The number of nitrogens with zero attached hydrogens (tertiary/aromatic N) is 2. The molecule has 6 nitrogen and oxygen atoms in total. The maximum atomic E-state index is 12.9. The van der Waals surface area contributed by atoms with Crippen molar-refractivity contribution in [3.63, 3.8) is 0 Å². The highest BCUT2D eigenvalue weighted by atomic mass is 32.1. The second-order valence-corrected chi connectivity index (χ2v) is 8.77. The Bertz CT molecular complexity index is 1280. The number of H-pyrrole nitrogens is 1. The van der Waals surface area contributed by atoms with E-state index in [0.29, 0.717) is 35.2 Å². The summed E-state index contributed by atoms with van der Waals surface area (Å²) in [4.78, 5) is 16.7. The number of thiazole rings is 1. The number of aryl methyl sites for hydroxylation is 1. The van der Waals surface area contributed by atoms with E-state index in [-0.39, 0.29) is 0 Å². The van der Waals surface area contributed by atoms with Gasteiger partial charge in [0.15, 0.2) is 0 Å². The first-order valence-electron chi connectivity index (χ1n) is 10.7. The number of unbranched alkanes of at least 4 members (excludes halogenated alkanes) is 1. The van der Waals surface area contributed by atoms with Crippen LogP contribution in [0.2, 0.25) is 0 Å². The molecule has 4 aromatic rings. The molecule has 0 aliphatic rings. The minimum atomic E-state index is -4.37. The van der Waals surface area contributed by atoms with Gasteiger partial charge >= 0.3 is 11.9 Å². The van der Waals surface area contributed by atoms with Crippen molar-refractivity contribution in [2.75, 3.05) is 0 Å². The molecule has 1 N–H and O–H groups in total. The summed E-state index contributed by atoms with van der Waals surface area (Å²) in [6.45, 7) is 2.40. The molecule has 0 fully saturated rings. The number of aromatic amines is 1. The number of hydrogen-bond acceptors (Lipinski definition) is 6. The van der Waals surface area contributed by atoms with Gasteiger partial charge in [-0.25, -0.2) is 14.9 Å². The second kappa shape index (κ2) is 10.3. The van der Waals surface area contributed by atoms with E-state index in [4.69, 9.17) is 14.1 Å². The third-order valence-electron chi connectivity index (χ3n) is 5.14. The van der Waals surface area contributed by atoms with Crippen molar-refractivity contribution in [3.8, 4) is 16.3 Å². The van der Waals surface area contributed by atoms with Crippen LogP contribution >= 0.6 is 11.3 Å². The van der Waals surface area contributed by atoms with Crippen molar-refractivity contribution in [3.05, 3.63) is 86.7 Å². The maximum absolute atomic E-state index is 12.9. The molecule has 0 unspecified atom stereocenters. The van der Waals surface area contributed by atoms with Gasteiger partial charge in [-0.15, -0.1) is 16.4 Å². The molecule has 10 heteroatoms. The molecule has 0 aliphatic carbocycles. The molecule has 0 radical (unpaired) electrons. The number of nitrogens with one attached hydrogen (secondary N) is 1. The van der Waals surface area contributed by atoms with Crippen LogP contribution in [0.5, 0.6) is 5.75 Å². The molecule has 0 spiro atoms. The van der Waals surface area contributed by atoms with Gasteiger partial charge in [-0.05, 0) is 42.7 Å². The largest absolute Gasteiger partial charge is 0.488 e. The van der Waals surface area contributed by atoms with Crippen molar-refractivity contribution in [2.45, 2.75) is 45.4 Å². The number of benzene rings is 2.